The number of aliphatic hydroxyl groups excluding tert-OH is 1. The van der Waals surface area contributed by atoms with Crippen molar-refractivity contribution in [1.82, 2.24) is 0 Å². The Hall–Kier alpha value is -1.02. The molecule has 2 nitrogen and oxygen atoms in total. The molecule has 2 atom stereocenters. The Morgan fingerprint density at radius 3 is 2.57 bits per heavy atom. The molecule has 0 spiro atoms. The van der Waals surface area contributed by atoms with Gasteiger partial charge in [-0.25, -0.2) is 0 Å². The summed E-state index contributed by atoms with van der Waals surface area (Å²) in [6.07, 6.45) is 4.25. The van der Waals surface area contributed by atoms with Crippen LogP contribution in [-0.4, -0.2) is 18.2 Å². The van der Waals surface area contributed by atoms with E-state index in [-0.39, 0.29) is 6.10 Å². The molecule has 1 unspecified atom stereocenters. The van der Waals surface area contributed by atoms with Gasteiger partial charge in [-0.05, 0) is 43.1 Å². The molecular formula is C19H31NO. The molecule has 1 N–H and O–H groups in total. The molecule has 2 rings (SSSR count). The van der Waals surface area contributed by atoms with Crippen molar-refractivity contribution in [3.05, 3.63) is 29.8 Å². The van der Waals surface area contributed by atoms with Crippen molar-refractivity contribution in [3.8, 4) is 0 Å². The first-order valence-electron chi connectivity index (χ1n) is 8.45. The van der Waals surface area contributed by atoms with E-state index in [2.05, 4.69) is 43.9 Å². The average molecular weight is 289 g/mol. The van der Waals surface area contributed by atoms with Crippen LogP contribution in [0.4, 0.5) is 5.69 Å². The Labute approximate surface area is 130 Å². The normalized spacial score (nSPS) is 22.0. The maximum absolute atomic E-state index is 10.3. The van der Waals surface area contributed by atoms with E-state index < -0.39 is 0 Å². The summed E-state index contributed by atoms with van der Waals surface area (Å²) in [7, 11) is 0. The van der Waals surface area contributed by atoms with Crippen LogP contribution in [0.2, 0.25) is 0 Å². The number of hydrogen-bond donors (Lipinski definition) is 1. The van der Waals surface area contributed by atoms with Crippen LogP contribution < -0.4 is 4.90 Å². The molecule has 1 aliphatic heterocycles. The first-order valence-corrected chi connectivity index (χ1v) is 8.45. The van der Waals surface area contributed by atoms with Crippen molar-refractivity contribution < 1.29 is 5.11 Å². The summed E-state index contributed by atoms with van der Waals surface area (Å²) in [6.45, 7) is 11.3. The highest BCUT2D eigenvalue weighted by molar-refractivity contribution is 5.54. The number of rotatable bonds is 3. The summed E-state index contributed by atoms with van der Waals surface area (Å²) in [5, 5.41) is 10.3. The van der Waals surface area contributed by atoms with Crippen molar-refractivity contribution in [3.63, 3.8) is 0 Å². The highest BCUT2D eigenvalue weighted by Crippen LogP contribution is 2.36. The molecule has 0 radical (unpaired) electrons. The second kappa shape index (κ2) is 6.83. The number of nitrogens with zero attached hydrogens (tertiary/aromatic N) is 1. The van der Waals surface area contributed by atoms with Gasteiger partial charge in [0.05, 0.1) is 6.10 Å². The van der Waals surface area contributed by atoms with Crippen molar-refractivity contribution in [1.29, 1.82) is 0 Å². The maximum Gasteiger partial charge on any atom is 0.0807 e. The third-order valence-electron chi connectivity index (χ3n) is 4.98. The largest absolute Gasteiger partial charge is 0.388 e. The highest BCUT2D eigenvalue weighted by Gasteiger charge is 2.27. The summed E-state index contributed by atoms with van der Waals surface area (Å²) >= 11 is 0. The molecule has 1 aliphatic rings. The van der Waals surface area contributed by atoms with E-state index in [4.69, 9.17) is 0 Å². The molecule has 118 valence electrons. The van der Waals surface area contributed by atoms with Gasteiger partial charge in [0.25, 0.3) is 0 Å². The van der Waals surface area contributed by atoms with Gasteiger partial charge in [-0.1, -0.05) is 45.9 Å². The minimum absolute atomic E-state index is 0.345. The van der Waals surface area contributed by atoms with Gasteiger partial charge in [-0.2, -0.15) is 0 Å². The summed E-state index contributed by atoms with van der Waals surface area (Å²) in [5.41, 5.74) is 2.73. The molecule has 0 bridgehead atoms. The second-order valence-corrected chi connectivity index (χ2v) is 7.46. The number of para-hydroxylation sites is 1. The SMILES string of the molecule is CC[C@@H](O)c1ccccc1N1CCCC(C(C)(C)C)CC1. The van der Waals surface area contributed by atoms with E-state index in [1.165, 1.54) is 24.9 Å². The fourth-order valence-electron chi connectivity index (χ4n) is 3.48. The van der Waals surface area contributed by atoms with Crippen LogP contribution in [0.25, 0.3) is 0 Å². The molecular weight excluding hydrogens is 258 g/mol. The lowest BCUT2D eigenvalue weighted by atomic mass is 9.77. The maximum atomic E-state index is 10.3. The van der Waals surface area contributed by atoms with Gasteiger partial charge in [0, 0.05) is 24.3 Å². The van der Waals surface area contributed by atoms with Crippen LogP contribution in [0, 0.1) is 11.3 Å². The van der Waals surface area contributed by atoms with Gasteiger partial charge in [-0.3, -0.25) is 0 Å². The Morgan fingerprint density at radius 1 is 1.19 bits per heavy atom. The smallest absolute Gasteiger partial charge is 0.0807 e. The quantitative estimate of drug-likeness (QED) is 0.865. The summed E-state index contributed by atoms with van der Waals surface area (Å²) in [6, 6.07) is 8.38. The Balaban J connectivity index is 2.16. The van der Waals surface area contributed by atoms with Crippen LogP contribution in [0.15, 0.2) is 24.3 Å². The predicted octanol–water partition coefficient (Wildman–Crippen LogP) is 4.78. The summed E-state index contributed by atoms with van der Waals surface area (Å²) < 4.78 is 0. The van der Waals surface area contributed by atoms with Crippen molar-refractivity contribution in [2.24, 2.45) is 11.3 Å². The zero-order valence-electron chi connectivity index (χ0n) is 14.1. The van der Waals surface area contributed by atoms with Crippen molar-refractivity contribution in [2.75, 3.05) is 18.0 Å². The molecule has 1 heterocycles. The van der Waals surface area contributed by atoms with Crippen LogP contribution >= 0.6 is 0 Å². The number of anilines is 1. The van der Waals surface area contributed by atoms with Gasteiger partial charge in [0.1, 0.15) is 0 Å². The first kappa shape index (κ1) is 16.4. The molecule has 0 aliphatic carbocycles. The third-order valence-corrected chi connectivity index (χ3v) is 4.98. The minimum atomic E-state index is -0.345. The molecule has 1 saturated heterocycles. The number of hydrogen-bond acceptors (Lipinski definition) is 2. The Kier molecular flexibility index (Phi) is 5.32. The number of aliphatic hydroxyl groups is 1. The van der Waals surface area contributed by atoms with Gasteiger partial charge < -0.3 is 10.0 Å². The van der Waals surface area contributed by atoms with Crippen LogP contribution in [-0.2, 0) is 0 Å². The molecule has 0 aromatic heterocycles. The van der Waals surface area contributed by atoms with E-state index in [9.17, 15) is 5.11 Å². The highest BCUT2D eigenvalue weighted by atomic mass is 16.3. The topological polar surface area (TPSA) is 23.5 Å². The van der Waals surface area contributed by atoms with E-state index in [0.29, 0.717) is 5.41 Å². The first-order chi connectivity index (χ1) is 9.93. The zero-order chi connectivity index (χ0) is 15.5. The molecule has 1 aromatic carbocycles. The molecule has 1 aromatic rings. The fraction of sp³-hybridized carbons (Fsp3) is 0.684. The van der Waals surface area contributed by atoms with E-state index in [1.807, 2.05) is 13.0 Å². The summed E-state index contributed by atoms with van der Waals surface area (Å²) in [5.74, 6) is 0.797. The molecule has 0 amide bonds. The standard InChI is InChI=1S/C19H31NO/c1-5-18(21)16-10-6-7-11-17(16)20-13-8-9-15(12-14-20)19(2,3)4/h6-7,10-11,15,18,21H,5,8-9,12-14H2,1-4H3/t15?,18-/m1/s1. The zero-order valence-corrected chi connectivity index (χ0v) is 14.1. The second-order valence-electron chi connectivity index (χ2n) is 7.46. The molecule has 1 fully saturated rings. The lowest BCUT2D eigenvalue weighted by Gasteiger charge is -2.30. The summed E-state index contributed by atoms with van der Waals surface area (Å²) in [4.78, 5) is 2.49. The molecule has 21 heavy (non-hydrogen) atoms. The van der Waals surface area contributed by atoms with E-state index >= 15 is 0 Å². The van der Waals surface area contributed by atoms with Gasteiger partial charge in [0.2, 0.25) is 0 Å². The van der Waals surface area contributed by atoms with Crippen LogP contribution in [0.5, 0.6) is 0 Å². The van der Waals surface area contributed by atoms with Gasteiger partial charge in [-0.15, -0.1) is 0 Å². The Bertz CT molecular complexity index is 449. The Morgan fingerprint density at radius 2 is 1.90 bits per heavy atom. The van der Waals surface area contributed by atoms with Gasteiger partial charge in [0.15, 0.2) is 0 Å². The van der Waals surface area contributed by atoms with Crippen LogP contribution in [0.1, 0.15) is 65.0 Å². The van der Waals surface area contributed by atoms with Crippen molar-refractivity contribution in [2.45, 2.75) is 59.5 Å². The molecule has 0 saturated carbocycles. The fourth-order valence-corrected chi connectivity index (χ4v) is 3.48. The van der Waals surface area contributed by atoms with Crippen molar-refractivity contribution >= 4 is 5.69 Å². The lowest BCUT2D eigenvalue weighted by Crippen LogP contribution is -2.27. The van der Waals surface area contributed by atoms with E-state index in [1.54, 1.807) is 0 Å². The number of benzene rings is 1. The monoisotopic (exact) mass is 289 g/mol. The van der Waals surface area contributed by atoms with Gasteiger partial charge >= 0.3 is 0 Å². The third kappa shape index (κ3) is 4.00. The minimum Gasteiger partial charge on any atom is -0.388 e. The molecule has 2 heteroatoms. The van der Waals surface area contributed by atoms with E-state index in [0.717, 1.165) is 31.0 Å². The lowest BCUT2D eigenvalue weighted by molar-refractivity contribution is 0.174. The average Bonchev–Trinajstić information content (AvgIpc) is 2.72. The van der Waals surface area contributed by atoms with Crippen LogP contribution in [0.3, 0.4) is 0 Å². The predicted molar refractivity (Wildman–Crippen MR) is 90.7 cm³/mol.